The monoisotopic (exact) mass is 328 g/mol. The zero-order valence-electron chi connectivity index (χ0n) is 8.58. The topological polar surface area (TPSA) is 46.5 Å². The summed E-state index contributed by atoms with van der Waals surface area (Å²) in [5.41, 5.74) is 0. The van der Waals surface area contributed by atoms with E-state index in [0.717, 1.165) is 0 Å². The van der Waals surface area contributed by atoms with Gasteiger partial charge in [0.05, 0.1) is 6.61 Å². The van der Waals surface area contributed by atoms with Gasteiger partial charge in [0.2, 0.25) is 0 Å². The molecule has 0 aromatic rings. The lowest BCUT2D eigenvalue weighted by atomic mass is 10.0. The third-order valence-electron chi connectivity index (χ3n) is 1.85. The van der Waals surface area contributed by atoms with Gasteiger partial charge in [-0.15, -0.1) is 0 Å². The zero-order valence-corrected chi connectivity index (χ0v) is 9.58. The van der Waals surface area contributed by atoms with Crippen LogP contribution in [0, 0.1) is 0 Å². The zero-order chi connectivity index (χ0) is 15.7. The Morgan fingerprint density at radius 2 is 1.32 bits per heavy atom. The van der Waals surface area contributed by atoms with Gasteiger partial charge in [0.1, 0.15) is 0 Å². The Morgan fingerprint density at radius 1 is 0.895 bits per heavy atom. The van der Waals surface area contributed by atoms with Gasteiger partial charge in [-0.1, -0.05) is 0 Å². The van der Waals surface area contributed by atoms with E-state index in [2.05, 4.69) is 4.52 Å². The molecule has 0 rings (SSSR count). The molecule has 3 nitrogen and oxygen atoms in total. The number of rotatable bonds is 6. The van der Waals surface area contributed by atoms with Crippen LogP contribution >= 0.6 is 8.25 Å². The average Bonchev–Trinajstić information content (AvgIpc) is 2.14. The Bertz CT molecular complexity index is 339. The number of halogens is 9. The van der Waals surface area contributed by atoms with Crippen LogP contribution in [0.25, 0.3) is 0 Å². The first-order valence-electron chi connectivity index (χ1n) is 4.22. The fraction of sp³-hybridized carbons (Fsp3) is 1.00. The highest BCUT2D eigenvalue weighted by molar-refractivity contribution is 7.32. The van der Waals surface area contributed by atoms with Gasteiger partial charge >= 0.3 is 32.2 Å². The summed E-state index contributed by atoms with van der Waals surface area (Å²) in [7, 11) is -3.80. The molecule has 13 heteroatoms. The van der Waals surface area contributed by atoms with Gasteiger partial charge in [-0.2, -0.15) is 39.5 Å². The molecule has 1 atom stereocenters. The quantitative estimate of drug-likeness (QED) is 0.601. The Hall–Kier alpha value is -0.480. The molecule has 0 saturated carbocycles. The van der Waals surface area contributed by atoms with Crippen LogP contribution in [0.3, 0.4) is 0 Å². The smallest absolute Gasteiger partial charge is 0.326 e. The molecule has 0 bridgehead atoms. The predicted octanol–water partition coefficient (Wildman–Crippen LogP) is 3.24. The van der Waals surface area contributed by atoms with Crippen LogP contribution in [0.2, 0.25) is 0 Å². The Labute approximate surface area is 99.8 Å². The molecule has 1 unspecified atom stereocenters. The molecule has 0 radical (unpaired) electrons. The standard InChI is InChI=1S/C6H6F9O3P/c7-3(8,1-2-18-19(16)17)4(9,10)5(11,12)6(13,14)15/h19H,1-2H2,(H,16,17). The van der Waals surface area contributed by atoms with E-state index < -0.39 is 45.2 Å². The van der Waals surface area contributed by atoms with Crippen LogP contribution in [0.4, 0.5) is 39.5 Å². The minimum Gasteiger partial charge on any atom is -0.326 e. The second-order valence-electron chi connectivity index (χ2n) is 3.22. The summed E-state index contributed by atoms with van der Waals surface area (Å²) in [6, 6.07) is 0. The Balaban J connectivity index is 5.11. The van der Waals surface area contributed by atoms with E-state index in [-0.39, 0.29) is 0 Å². The van der Waals surface area contributed by atoms with Crippen molar-refractivity contribution in [2.24, 2.45) is 0 Å². The Morgan fingerprint density at radius 3 is 1.63 bits per heavy atom. The molecule has 0 spiro atoms. The molecule has 0 heterocycles. The molecule has 0 saturated heterocycles. The van der Waals surface area contributed by atoms with Crippen molar-refractivity contribution in [3.63, 3.8) is 0 Å². The van der Waals surface area contributed by atoms with E-state index >= 15 is 0 Å². The van der Waals surface area contributed by atoms with E-state index in [4.69, 9.17) is 4.89 Å². The first-order chi connectivity index (χ1) is 8.17. The van der Waals surface area contributed by atoms with Gasteiger partial charge in [0, 0.05) is 6.42 Å². The third kappa shape index (κ3) is 3.76. The normalized spacial score (nSPS) is 16.5. The second-order valence-corrected chi connectivity index (χ2v) is 4.04. The van der Waals surface area contributed by atoms with Crippen molar-refractivity contribution >= 4 is 8.25 Å². The minimum absolute atomic E-state index is 1.59. The third-order valence-corrected chi connectivity index (χ3v) is 2.30. The molecule has 0 aliphatic rings. The van der Waals surface area contributed by atoms with Crippen LogP contribution in [0.15, 0.2) is 0 Å². The summed E-state index contributed by atoms with van der Waals surface area (Å²) < 4.78 is 123. The highest BCUT2D eigenvalue weighted by Gasteiger charge is 2.81. The van der Waals surface area contributed by atoms with E-state index in [1.165, 1.54) is 0 Å². The van der Waals surface area contributed by atoms with Crippen molar-refractivity contribution in [3.05, 3.63) is 0 Å². The van der Waals surface area contributed by atoms with Crippen molar-refractivity contribution < 1.29 is 53.5 Å². The molecule has 1 N–H and O–H groups in total. The van der Waals surface area contributed by atoms with Crippen molar-refractivity contribution in [3.8, 4) is 0 Å². The summed E-state index contributed by atoms with van der Waals surface area (Å²) in [6.45, 7) is -1.59. The summed E-state index contributed by atoms with van der Waals surface area (Å²) in [6.07, 6.45) is -9.17. The number of hydrogen-bond acceptors (Lipinski definition) is 2. The van der Waals surface area contributed by atoms with Gasteiger partial charge in [-0.05, 0) is 0 Å². The first-order valence-corrected chi connectivity index (χ1v) is 5.49. The van der Waals surface area contributed by atoms with Crippen LogP contribution in [-0.4, -0.2) is 35.4 Å². The molecular formula is C6H6F9O3P. The van der Waals surface area contributed by atoms with E-state index in [1.807, 2.05) is 0 Å². The lowest BCUT2D eigenvalue weighted by molar-refractivity contribution is -0.397. The molecule has 0 amide bonds. The largest absolute Gasteiger partial charge is 0.460 e. The molecule has 19 heavy (non-hydrogen) atoms. The van der Waals surface area contributed by atoms with Gasteiger partial charge in [-0.25, -0.2) is 0 Å². The predicted molar refractivity (Wildman–Crippen MR) is 42.7 cm³/mol. The summed E-state index contributed by atoms with van der Waals surface area (Å²) in [4.78, 5) is 8.00. The summed E-state index contributed by atoms with van der Waals surface area (Å²) >= 11 is 0. The lowest BCUT2D eigenvalue weighted by Gasteiger charge is -2.33. The van der Waals surface area contributed by atoms with Gasteiger partial charge in [-0.3, -0.25) is 4.57 Å². The summed E-state index contributed by atoms with van der Waals surface area (Å²) in [5, 5.41) is 0. The van der Waals surface area contributed by atoms with Crippen molar-refractivity contribution in [2.75, 3.05) is 6.61 Å². The van der Waals surface area contributed by atoms with Crippen LogP contribution in [0.5, 0.6) is 0 Å². The molecule has 0 aliphatic heterocycles. The van der Waals surface area contributed by atoms with E-state index in [1.54, 1.807) is 0 Å². The molecule has 116 valence electrons. The Kier molecular flexibility index (Phi) is 5.35. The van der Waals surface area contributed by atoms with Crippen LogP contribution in [-0.2, 0) is 9.09 Å². The highest BCUT2D eigenvalue weighted by Crippen LogP contribution is 2.54. The molecule has 0 aliphatic carbocycles. The second kappa shape index (κ2) is 5.49. The number of alkyl halides is 9. The lowest BCUT2D eigenvalue weighted by Crippen LogP contribution is -2.61. The van der Waals surface area contributed by atoms with Crippen molar-refractivity contribution in [1.29, 1.82) is 0 Å². The average molecular weight is 328 g/mol. The number of hydrogen-bond donors (Lipinski definition) is 1. The van der Waals surface area contributed by atoms with Crippen LogP contribution < -0.4 is 0 Å². The fourth-order valence-corrected chi connectivity index (χ4v) is 1.11. The maximum Gasteiger partial charge on any atom is 0.460 e. The van der Waals surface area contributed by atoms with Gasteiger partial charge in [0.15, 0.2) is 0 Å². The molecular weight excluding hydrogens is 322 g/mol. The first kappa shape index (κ1) is 18.5. The molecule has 0 aromatic carbocycles. The van der Waals surface area contributed by atoms with Gasteiger partial charge in [0.25, 0.3) is 0 Å². The van der Waals surface area contributed by atoms with Crippen LogP contribution in [0.1, 0.15) is 6.42 Å². The van der Waals surface area contributed by atoms with E-state index in [0.29, 0.717) is 0 Å². The SMILES string of the molecule is O=[PH](O)OCCC(F)(F)C(F)(F)C(F)(F)C(F)(F)F. The minimum atomic E-state index is -6.96. The maximum atomic E-state index is 12.7. The fourth-order valence-electron chi connectivity index (χ4n) is 0.831. The van der Waals surface area contributed by atoms with E-state index in [9.17, 15) is 44.1 Å². The molecule has 0 fully saturated rings. The van der Waals surface area contributed by atoms with Crippen molar-refractivity contribution in [2.45, 2.75) is 30.4 Å². The van der Waals surface area contributed by atoms with Gasteiger partial charge < -0.3 is 9.42 Å². The maximum absolute atomic E-state index is 12.7. The summed E-state index contributed by atoms with van der Waals surface area (Å²) in [5.74, 6) is -19.5. The van der Waals surface area contributed by atoms with Crippen molar-refractivity contribution in [1.82, 2.24) is 0 Å². The highest BCUT2D eigenvalue weighted by atomic mass is 31.1. The molecule has 0 aromatic heterocycles.